The molecule has 0 aliphatic carbocycles. The lowest BCUT2D eigenvalue weighted by Crippen LogP contribution is -2.23. The van der Waals surface area contributed by atoms with Gasteiger partial charge in [-0.25, -0.2) is 4.39 Å². The zero-order valence-corrected chi connectivity index (χ0v) is 12.1. The molecule has 1 amide bonds. The molecular weight excluding hydrogens is 273 g/mol. The maximum Gasteiger partial charge on any atom is 0.227 e. The van der Waals surface area contributed by atoms with Gasteiger partial charge in [0.05, 0.1) is 0 Å². The van der Waals surface area contributed by atoms with Crippen LogP contribution in [0.3, 0.4) is 0 Å². The molecule has 0 atom stereocenters. The van der Waals surface area contributed by atoms with Crippen LogP contribution in [0.4, 0.5) is 4.39 Å². The van der Waals surface area contributed by atoms with Crippen molar-refractivity contribution >= 4 is 5.91 Å². The van der Waals surface area contributed by atoms with Crippen molar-refractivity contribution in [2.45, 2.75) is 39.2 Å². The molecule has 0 fully saturated rings. The predicted octanol–water partition coefficient (Wildman–Crippen LogP) is 2.58. The van der Waals surface area contributed by atoms with Gasteiger partial charge in [-0.2, -0.15) is 4.98 Å². The van der Waals surface area contributed by atoms with Gasteiger partial charge in [0, 0.05) is 25.3 Å². The van der Waals surface area contributed by atoms with Crippen molar-refractivity contribution in [1.29, 1.82) is 0 Å². The van der Waals surface area contributed by atoms with Crippen LogP contribution in [0.25, 0.3) is 0 Å². The van der Waals surface area contributed by atoms with Crippen molar-refractivity contribution in [3.63, 3.8) is 0 Å². The van der Waals surface area contributed by atoms with Crippen LogP contribution in [-0.2, 0) is 17.8 Å². The van der Waals surface area contributed by atoms with Crippen molar-refractivity contribution in [2.75, 3.05) is 0 Å². The fraction of sp³-hybridized carbons (Fsp3) is 0.400. The Hall–Kier alpha value is -2.24. The molecule has 1 N–H and O–H groups in total. The van der Waals surface area contributed by atoms with Crippen LogP contribution in [0.5, 0.6) is 0 Å². The van der Waals surface area contributed by atoms with Crippen molar-refractivity contribution in [1.82, 2.24) is 15.5 Å². The van der Waals surface area contributed by atoms with E-state index in [1.165, 1.54) is 12.1 Å². The average Bonchev–Trinajstić information content (AvgIpc) is 2.92. The molecule has 0 unspecified atom stereocenters. The van der Waals surface area contributed by atoms with Crippen LogP contribution in [0, 0.1) is 5.82 Å². The summed E-state index contributed by atoms with van der Waals surface area (Å²) in [7, 11) is 0. The molecule has 2 rings (SSSR count). The lowest BCUT2D eigenvalue weighted by atomic mass is 10.2. The van der Waals surface area contributed by atoms with Crippen LogP contribution >= 0.6 is 0 Å². The Morgan fingerprint density at radius 3 is 2.90 bits per heavy atom. The number of benzene rings is 1. The molecule has 0 bridgehead atoms. The first-order chi connectivity index (χ1) is 10.0. The largest absolute Gasteiger partial charge is 0.352 e. The van der Waals surface area contributed by atoms with Crippen LogP contribution in [-0.4, -0.2) is 16.0 Å². The highest BCUT2D eigenvalue weighted by Crippen LogP contribution is 2.10. The second kappa shape index (κ2) is 6.97. The normalized spacial score (nSPS) is 10.9. The van der Waals surface area contributed by atoms with E-state index in [9.17, 15) is 9.18 Å². The number of amides is 1. The molecule has 112 valence electrons. The molecule has 0 radical (unpaired) electrons. The first-order valence-electron chi connectivity index (χ1n) is 6.88. The summed E-state index contributed by atoms with van der Waals surface area (Å²) < 4.78 is 18.1. The number of halogens is 1. The Bertz CT molecular complexity index is 610. The third kappa shape index (κ3) is 4.66. The number of aromatic nitrogens is 2. The van der Waals surface area contributed by atoms with Gasteiger partial charge in [-0.05, 0) is 17.7 Å². The van der Waals surface area contributed by atoms with Gasteiger partial charge in [0.1, 0.15) is 5.82 Å². The summed E-state index contributed by atoms with van der Waals surface area (Å²) in [5, 5.41) is 6.57. The summed E-state index contributed by atoms with van der Waals surface area (Å²) in [5.74, 6) is 0.853. The topological polar surface area (TPSA) is 68.0 Å². The Balaban J connectivity index is 1.76. The van der Waals surface area contributed by atoms with E-state index in [-0.39, 0.29) is 24.1 Å². The fourth-order valence-electron chi connectivity index (χ4n) is 1.76. The average molecular weight is 291 g/mol. The van der Waals surface area contributed by atoms with E-state index in [0.29, 0.717) is 24.7 Å². The van der Waals surface area contributed by atoms with E-state index in [2.05, 4.69) is 15.5 Å². The first kappa shape index (κ1) is 15.2. The summed E-state index contributed by atoms with van der Waals surface area (Å²) in [6, 6.07) is 6.14. The Labute approximate surface area is 122 Å². The number of rotatable bonds is 6. The van der Waals surface area contributed by atoms with Gasteiger partial charge in [-0.15, -0.1) is 0 Å². The molecule has 0 spiro atoms. The van der Waals surface area contributed by atoms with E-state index in [0.717, 1.165) is 5.56 Å². The highest BCUT2D eigenvalue weighted by Gasteiger charge is 2.11. The Morgan fingerprint density at radius 2 is 2.24 bits per heavy atom. The van der Waals surface area contributed by atoms with Crippen molar-refractivity contribution < 1.29 is 13.7 Å². The molecule has 0 saturated carbocycles. The highest BCUT2D eigenvalue weighted by molar-refractivity contribution is 5.76. The monoisotopic (exact) mass is 291 g/mol. The summed E-state index contributed by atoms with van der Waals surface area (Å²) in [6.07, 6.45) is 0.656. The van der Waals surface area contributed by atoms with Crippen molar-refractivity contribution in [3.05, 3.63) is 47.4 Å². The molecule has 2 aromatic rings. The Kier molecular flexibility index (Phi) is 5.03. The van der Waals surface area contributed by atoms with E-state index in [1.54, 1.807) is 12.1 Å². The molecule has 5 nitrogen and oxygen atoms in total. The van der Waals surface area contributed by atoms with Gasteiger partial charge >= 0.3 is 0 Å². The van der Waals surface area contributed by atoms with Crippen LogP contribution in [0.1, 0.15) is 43.5 Å². The molecule has 1 aromatic heterocycles. The summed E-state index contributed by atoms with van der Waals surface area (Å²) in [6.45, 7) is 4.25. The minimum Gasteiger partial charge on any atom is -0.352 e. The first-order valence-corrected chi connectivity index (χ1v) is 6.88. The fourth-order valence-corrected chi connectivity index (χ4v) is 1.76. The molecule has 0 aliphatic heterocycles. The molecule has 21 heavy (non-hydrogen) atoms. The minimum absolute atomic E-state index is 0.136. The Morgan fingerprint density at radius 1 is 1.43 bits per heavy atom. The van der Waals surface area contributed by atoms with Crippen molar-refractivity contribution in [2.24, 2.45) is 0 Å². The second-order valence-corrected chi connectivity index (χ2v) is 5.11. The lowest BCUT2D eigenvalue weighted by Gasteiger charge is -2.04. The number of hydrogen-bond donors (Lipinski definition) is 1. The smallest absolute Gasteiger partial charge is 0.227 e. The number of hydrogen-bond acceptors (Lipinski definition) is 4. The quantitative estimate of drug-likeness (QED) is 0.888. The third-order valence-corrected chi connectivity index (χ3v) is 2.94. The second-order valence-electron chi connectivity index (χ2n) is 5.11. The lowest BCUT2D eigenvalue weighted by molar-refractivity contribution is -0.121. The summed E-state index contributed by atoms with van der Waals surface area (Å²) in [4.78, 5) is 15.9. The van der Waals surface area contributed by atoms with E-state index in [1.807, 2.05) is 13.8 Å². The molecule has 0 aliphatic rings. The van der Waals surface area contributed by atoms with E-state index >= 15 is 0 Å². The predicted molar refractivity (Wildman–Crippen MR) is 75.0 cm³/mol. The van der Waals surface area contributed by atoms with Crippen LogP contribution in [0.2, 0.25) is 0 Å². The van der Waals surface area contributed by atoms with Gasteiger partial charge in [0.2, 0.25) is 11.8 Å². The van der Waals surface area contributed by atoms with E-state index in [4.69, 9.17) is 4.52 Å². The van der Waals surface area contributed by atoms with Gasteiger partial charge in [0.15, 0.2) is 5.82 Å². The molecule has 0 saturated heterocycles. The highest BCUT2D eigenvalue weighted by atomic mass is 19.1. The number of nitrogens with zero attached hydrogens (tertiary/aromatic N) is 2. The molecule has 1 heterocycles. The van der Waals surface area contributed by atoms with Gasteiger partial charge < -0.3 is 9.84 Å². The zero-order valence-electron chi connectivity index (χ0n) is 12.1. The summed E-state index contributed by atoms with van der Waals surface area (Å²) in [5.41, 5.74) is 0.725. The van der Waals surface area contributed by atoms with Crippen LogP contribution < -0.4 is 5.32 Å². The minimum atomic E-state index is -0.311. The molecule has 6 heteroatoms. The third-order valence-electron chi connectivity index (χ3n) is 2.94. The number of carbonyl (C=O) groups excluding carboxylic acids is 1. The van der Waals surface area contributed by atoms with Gasteiger partial charge in [-0.3, -0.25) is 4.79 Å². The standard InChI is InChI=1S/C15H18FN3O2/c1-10(2)15-18-14(21-19-15)7-6-13(20)17-9-11-4-3-5-12(16)8-11/h3-5,8,10H,6-7,9H2,1-2H3,(H,17,20). The number of nitrogens with one attached hydrogen (secondary N) is 1. The van der Waals surface area contributed by atoms with E-state index < -0.39 is 0 Å². The van der Waals surface area contributed by atoms with Gasteiger partial charge in [0.25, 0.3) is 0 Å². The van der Waals surface area contributed by atoms with Crippen molar-refractivity contribution in [3.8, 4) is 0 Å². The maximum absolute atomic E-state index is 13.0. The summed E-state index contributed by atoms with van der Waals surface area (Å²) >= 11 is 0. The van der Waals surface area contributed by atoms with Crippen LogP contribution in [0.15, 0.2) is 28.8 Å². The zero-order chi connectivity index (χ0) is 15.2. The molecular formula is C15H18FN3O2. The number of carbonyl (C=O) groups is 1. The number of aryl methyl sites for hydroxylation is 1. The molecule has 1 aromatic carbocycles. The van der Waals surface area contributed by atoms with Gasteiger partial charge in [-0.1, -0.05) is 31.1 Å². The SMILES string of the molecule is CC(C)c1noc(CCC(=O)NCc2cccc(F)c2)n1. The maximum atomic E-state index is 13.0.